The van der Waals surface area contributed by atoms with Gasteiger partial charge in [0.1, 0.15) is 10.8 Å². The van der Waals surface area contributed by atoms with Crippen LogP contribution in [0.25, 0.3) is 22.4 Å². The van der Waals surface area contributed by atoms with Crippen molar-refractivity contribution in [1.82, 2.24) is 15.2 Å². The molecule has 0 fully saturated rings. The zero-order valence-corrected chi connectivity index (χ0v) is 12.0. The van der Waals surface area contributed by atoms with Gasteiger partial charge in [-0.05, 0) is 42.0 Å². The molecule has 0 amide bonds. The summed E-state index contributed by atoms with van der Waals surface area (Å²) in [6.45, 7) is 0. The van der Waals surface area contributed by atoms with E-state index >= 15 is 0 Å². The standard InChI is InChI=1S/C15H12FN3OS/c1-21(20)14-8-11(6-7-17-14)13-9-18-19-15(13)10-2-4-12(16)5-3-10/h2-9H,1H3,(H,18,19). The Morgan fingerprint density at radius 1 is 1.14 bits per heavy atom. The summed E-state index contributed by atoms with van der Waals surface area (Å²) in [5.41, 5.74) is 3.34. The number of pyridine rings is 1. The molecule has 3 aromatic rings. The van der Waals surface area contributed by atoms with Gasteiger partial charge in [-0.3, -0.25) is 9.31 Å². The Kier molecular flexibility index (Phi) is 3.62. The van der Waals surface area contributed by atoms with Gasteiger partial charge in [0.25, 0.3) is 0 Å². The zero-order chi connectivity index (χ0) is 14.8. The monoisotopic (exact) mass is 301 g/mol. The van der Waals surface area contributed by atoms with Gasteiger partial charge in [-0.15, -0.1) is 0 Å². The molecular weight excluding hydrogens is 289 g/mol. The van der Waals surface area contributed by atoms with Crippen molar-refractivity contribution >= 4 is 10.8 Å². The second-order valence-corrected chi connectivity index (χ2v) is 5.83. The largest absolute Gasteiger partial charge is 0.277 e. The van der Waals surface area contributed by atoms with Gasteiger partial charge in [0.15, 0.2) is 0 Å². The van der Waals surface area contributed by atoms with Crippen LogP contribution in [0.3, 0.4) is 0 Å². The summed E-state index contributed by atoms with van der Waals surface area (Å²) in [5.74, 6) is -0.285. The average Bonchev–Trinajstić information content (AvgIpc) is 2.97. The van der Waals surface area contributed by atoms with E-state index in [1.54, 1.807) is 36.8 Å². The van der Waals surface area contributed by atoms with Crippen molar-refractivity contribution in [2.24, 2.45) is 0 Å². The third kappa shape index (κ3) is 2.75. The molecule has 1 aromatic carbocycles. The summed E-state index contributed by atoms with van der Waals surface area (Å²) >= 11 is 0. The SMILES string of the molecule is CS(=O)c1cc(-c2cn[nH]c2-c2ccc(F)cc2)ccn1. The highest BCUT2D eigenvalue weighted by Crippen LogP contribution is 2.30. The van der Waals surface area contributed by atoms with Crippen LogP contribution in [-0.2, 0) is 10.8 Å². The van der Waals surface area contributed by atoms with Gasteiger partial charge in [0.05, 0.1) is 22.7 Å². The van der Waals surface area contributed by atoms with Gasteiger partial charge >= 0.3 is 0 Å². The third-order valence-electron chi connectivity index (χ3n) is 3.11. The number of nitrogens with one attached hydrogen (secondary N) is 1. The summed E-state index contributed by atoms with van der Waals surface area (Å²) in [7, 11) is -1.15. The molecule has 21 heavy (non-hydrogen) atoms. The molecule has 1 atom stereocenters. The van der Waals surface area contributed by atoms with Crippen molar-refractivity contribution in [2.45, 2.75) is 5.03 Å². The molecule has 0 saturated carbocycles. The predicted octanol–water partition coefficient (Wildman–Crippen LogP) is 3.02. The molecule has 3 rings (SSSR count). The highest BCUT2D eigenvalue weighted by atomic mass is 32.2. The molecule has 0 aliphatic carbocycles. The summed E-state index contributed by atoms with van der Waals surface area (Å²) in [4.78, 5) is 4.08. The first-order chi connectivity index (χ1) is 10.1. The molecule has 0 radical (unpaired) electrons. The number of aromatic nitrogens is 3. The molecule has 0 bridgehead atoms. The normalized spacial score (nSPS) is 12.3. The smallest absolute Gasteiger partial charge is 0.127 e. The molecule has 1 unspecified atom stereocenters. The van der Waals surface area contributed by atoms with Crippen molar-refractivity contribution < 1.29 is 8.60 Å². The van der Waals surface area contributed by atoms with E-state index in [2.05, 4.69) is 15.2 Å². The number of halogens is 1. The van der Waals surface area contributed by atoms with E-state index in [4.69, 9.17) is 0 Å². The number of hydrogen-bond donors (Lipinski definition) is 1. The van der Waals surface area contributed by atoms with Crippen LogP contribution in [0.15, 0.2) is 53.8 Å². The van der Waals surface area contributed by atoms with Crippen LogP contribution >= 0.6 is 0 Å². The Morgan fingerprint density at radius 3 is 2.62 bits per heavy atom. The topological polar surface area (TPSA) is 58.6 Å². The van der Waals surface area contributed by atoms with Crippen molar-refractivity contribution in [3.8, 4) is 22.4 Å². The van der Waals surface area contributed by atoms with E-state index in [9.17, 15) is 8.60 Å². The fourth-order valence-electron chi connectivity index (χ4n) is 2.08. The summed E-state index contributed by atoms with van der Waals surface area (Å²) in [6.07, 6.45) is 4.90. The Labute approximate surface area is 123 Å². The average molecular weight is 301 g/mol. The first-order valence-corrected chi connectivity index (χ1v) is 7.80. The Bertz CT molecular complexity index is 799. The maximum atomic E-state index is 13.0. The minimum absolute atomic E-state index is 0.285. The molecule has 4 nitrogen and oxygen atoms in total. The second kappa shape index (κ2) is 5.57. The van der Waals surface area contributed by atoms with Crippen molar-refractivity contribution in [3.63, 3.8) is 0 Å². The minimum Gasteiger partial charge on any atom is -0.277 e. The van der Waals surface area contributed by atoms with Gasteiger partial charge in [-0.1, -0.05) is 0 Å². The predicted molar refractivity (Wildman–Crippen MR) is 79.5 cm³/mol. The lowest BCUT2D eigenvalue weighted by Crippen LogP contribution is -1.92. The summed E-state index contributed by atoms with van der Waals surface area (Å²) in [6, 6.07) is 9.78. The molecule has 2 aromatic heterocycles. The van der Waals surface area contributed by atoms with Crippen LogP contribution in [0.2, 0.25) is 0 Å². The number of H-pyrrole nitrogens is 1. The van der Waals surface area contributed by atoms with Gasteiger partial charge < -0.3 is 0 Å². The third-order valence-corrected chi connectivity index (χ3v) is 3.92. The van der Waals surface area contributed by atoms with Crippen molar-refractivity contribution in [2.75, 3.05) is 6.26 Å². The Balaban J connectivity index is 2.08. The Morgan fingerprint density at radius 2 is 1.90 bits per heavy atom. The molecule has 0 spiro atoms. The van der Waals surface area contributed by atoms with Crippen LogP contribution in [-0.4, -0.2) is 25.6 Å². The lowest BCUT2D eigenvalue weighted by Gasteiger charge is -2.05. The highest BCUT2D eigenvalue weighted by molar-refractivity contribution is 7.84. The van der Waals surface area contributed by atoms with E-state index in [1.165, 1.54) is 12.1 Å². The first kappa shape index (κ1) is 13.6. The van der Waals surface area contributed by atoms with Crippen LogP contribution in [0.1, 0.15) is 0 Å². The molecule has 2 heterocycles. The molecule has 0 aliphatic rings. The minimum atomic E-state index is -1.15. The molecule has 1 N–H and O–H groups in total. The second-order valence-electron chi connectivity index (χ2n) is 4.50. The van der Waals surface area contributed by atoms with Gasteiger partial charge in [-0.2, -0.15) is 5.10 Å². The zero-order valence-electron chi connectivity index (χ0n) is 11.2. The number of hydrogen-bond acceptors (Lipinski definition) is 3. The molecule has 6 heteroatoms. The molecule has 0 saturated heterocycles. The number of aromatic amines is 1. The van der Waals surface area contributed by atoms with E-state index in [0.717, 1.165) is 22.4 Å². The van der Waals surface area contributed by atoms with E-state index in [-0.39, 0.29) is 5.82 Å². The number of rotatable bonds is 3. The maximum Gasteiger partial charge on any atom is 0.127 e. The highest BCUT2D eigenvalue weighted by Gasteiger charge is 2.11. The fourth-order valence-corrected chi connectivity index (χ4v) is 2.58. The Hall–Kier alpha value is -2.34. The first-order valence-electron chi connectivity index (χ1n) is 6.24. The van der Waals surface area contributed by atoms with Crippen molar-refractivity contribution in [1.29, 1.82) is 0 Å². The van der Waals surface area contributed by atoms with Crippen molar-refractivity contribution in [3.05, 3.63) is 54.6 Å². The van der Waals surface area contributed by atoms with E-state index in [0.29, 0.717) is 5.03 Å². The van der Waals surface area contributed by atoms with Crippen LogP contribution in [0.4, 0.5) is 4.39 Å². The van der Waals surface area contributed by atoms with Crippen LogP contribution < -0.4 is 0 Å². The van der Waals surface area contributed by atoms with Crippen LogP contribution in [0, 0.1) is 5.82 Å². The van der Waals surface area contributed by atoms with Gasteiger partial charge in [-0.25, -0.2) is 9.37 Å². The lowest BCUT2D eigenvalue weighted by molar-refractivity contribution is 0.628. The van der Waals surface area contributed by atoms with E-state index < -0.39 is 10.8 Å². The number of benzene rings is 1. The fraction of sp³-hybridized carbons (Fsp3) is 0.0667. The quantitative estimate of drug-likeness (QED) is 0.809. The summed E-state index contributed by atoms with van der Waals surface area (Å²) in [5, 5.41) is 7.49. The lowest BCUT2D eigenvalue weighted by atomic mass is 10.0. The molecule has 106 valence electrons. The number of nitrogens with zero attached hydrogens (tertiary/aromatic N) is 2. The molecular formula is C15H12FN3OS. The summed E-state index contributed by atoms with van der Waals surface area (Å²) < 4.78 is 24.6. The molecule has 0 aliphatic heterocycles. The maximum absolute atomic E-state index is 13.0. The van der Waals surface area contributed by atoms with Gasteiger partial charge in [0, 0.05) is 23.6 Å². The van der Waals surface area contributed by atoms with Gasteiger partial charge in [0.2, 0.25) is 0 Å². The van der Waals surface area contributed by atoms with E-state index in [1.807, 2.05) is 6.07 Å². The van der Waals surface area contributed by atoms with Crippen LogP contribution in [0.5, 0.6) is 0 Å².